The molecule has 0 aliphatic carbocycles. The van der Waals surface area contributed by atoms with E-state index in [1.165, 1.54) is 0 Å². The lowest BCUT2D eigenvalue weighted by Gasteiger charge is -2.21. The van der Waals surface area contributed by atoms with Gasteiger partial charge in [0.1, 0.15) is 0 Å². The Morgan fingerprint density at radius 1 is 1.36 bits per heavy atom. The Morgan fingerprint density at radius 2 is 2.14 bits per heavy atom. The zero-order valence-electron chi connectivity index (χ0n) is 14.1. The van der Waals surface area contributed by atoms with Gasteiger partial charge in [0.05, 0.1) is 6.61 Å². The van der Waals surface area contributed by atoms with Crippen LogP contribution in [0.25, 0.3) is 0 Å². The maximum atomic E-state index is 12.4. The highest BCUT2D eigenvalue weighted by Gasteiger charge is 2.18. The number of anilines is 1. The summed E-state index contributed by atoms with van der Waals surface area (Å²) in [6, 6.07) is 6.24. The van der Waals surface area contributed by atoms with Gasteiger partial charge in [0, 0.05) is 36.4 Å². The molecule has 1 aliphatic rings. The van der Waals surface area contributed by atoms with E-state index in [0.717, 1.165) is 36.4 Å². The smallest absolute Gasteiger partial charge is 0.251 e. The maximum Gasteiger partial charge on any atom is 0.251 e. The summed E-state index contributed by atoms with van der Waals surface area (Å²) >= 11 is 0. The largest absolute Gasteiger partial charge is 0.382 e. The van der Waals surface area contributed by atoms with Crippen LogP contribution in [0.15, 0.2) is 18.2 Å². The van der Waals surface area contributed by atoms with E-state index < -0.39 is 0 Å². The number of ether oxygens (including phenoxy) is 1. The van der Waals surface area contributed by atoms with Gasteiger partial charge in [0.15, 0.2) is 0 Å². The molecule has 0 spiro atoms. The quantitative estimate of drug-likeness (QED) is 0.848. The summed E-state index contributed by atoms with van der Waals surface area (Å²) in [5.41, 5.74) is 2.80. The highest BCUT2D eigenvalue weighted by molar-refractivity contribution is 5.97. The summed E-state index contributed by atoms with van der Waals surface area (Å²) < 4.78 is 5.34. The summed E-state index contributed by atoms with van der Waals surface area (Å²) in [6.07, 6.45) is 1.03. The molecule has 0 unspecified atom stereocenters. The normalized spacial score (nSPS) is 19.2. The van der Waals surface area contributed by atoms with Crippen molar-refractivity contribution in [1.29, 1.82) is 0 Å². The van der Waals surface area contributed by atoms with Gasteiger partial charge in [-0.3, -0.25) is 4.79 Å². The van der Waals surface area contributed by atoms with Gasteiger partial charge in [-0.1, -0.05) is 19.9 Å². The van der Waals surface area contributed by atoms with Gasteiger partial charge in [0.25, 0.3) is 5.91 Å². The molecule has 1 aromatic carbocycles. The monoisotopic (exact) mass is 304 g/mol. The molecule has 0 radical (unpaired) electrons. The van der Waals surface area contributed by atoms with Crippen molar-refractivity contribution in [3.63, 3.8) is 0 Å². The molecule has 2 rings (SSSR count). The minimum Gasteiger partial charge on any atom is -0.382 e. The molecule has 2 N–H and O–H groups in total. The van der Waals surface area contributed by atoms with Gasteiger partial charge in [0.2, 0.25) is 0 Å². The molecule has 1 aliphatic heterocycles. The molecular formula is C18H28N2O2. The molecule has 1 saturated heterocycles. The van der Waals surface area contributed by atoms with E-state index >= 15 is 0 Å². The molecule has 4 nitrogen and oxygen atoms in total. The Labute approximate surface area is 133 Å². The zero-order valence-corrected chi connectivity index (χ0v) is 14.1. The average molecular weight is 304 g/mol. The van der Waals surface area contributed by atoms with E-state index in [1.807, 2.05) is 25.1 Å². The van der Waals surface area contributed by atoms with E-state index in [0.29, 0.717) is 24.4 Å². The van der Waals surface area contributed by atoms with Gasteiger partial charge in [-0.05, 0) is 43.9 Å². The van der Waals surface area contributed by atoms with Crippen molar-refractivity contribution in [2.24, 2.45) is 11.8 Å². The number of benzene rings is 1. The number of nitrogens with one attached hydrogen (secondary N) is 2. The van der Waals surface area contributed by atoms with Crippen LogP contribution >= 0.6 is 0 Å². The SMILES string of the molecule is Cc1c(N[C@@H](C)C(C)C)cccc1C(=O)NC[C@@H]1CCOC1. The molecule has 1 aromatic rings. The first kappa shape index (κ1) is 16.8. The molecule has 2 atom stereocenters. The second-order valence-electron chi connectivity index (χ2n) is 6.59. The highest BCUT2D eigenvalue weighted by atomic mass is 16.5. The van der Waals surface area contributed by atoms with Crippen molar-refractivity contribution in [1.82, 2.24) is 5.32 Å². The van der Waals surface area contributed by atoms with Crippen LogP contribution in [0.1, 0.15) is 43.1 Å². The summed E-state index contributed by atoms with van der Waals surface area (Å²) in [5.74, 6) is 0.996. The lowest BCUT2D eigenvalue weighted by molar-refractivity contribution is 0.0944. The number of carbonyl (C=O) groups excluding carboxylic acids is 1. The second-order valence-corrected chi connectivity index (χ2v) is 6.59. The second kappa shape index (κ2) is 7.63. The van der Waals surface area contributed by atoms with Gasteiger partial charge in [-0.15, -0.1) is 0 Å². The fourth-order valence-corrected chi connectivity index (χ4v) is 2.53. The molecule has 0 aromatic heterocycles. The van der Waals surface area contributed by atoms with Crippen molar-refractivity contribution in [3.05, 3.63) is 29.3 Å². The summed E-state index contributed by atoms with van der Waals surface area (Å²) in [4.78, 5) is 12.4. The predicted octanol–water partition coefficient (Wildman–Crippen LogP) is 3.22. The third kappa shape index (κ3) is 4.23. The van der Waals surface area contributed by atoms with Crippen molar-refractivity contribution in [3.8, 4) is 0 Å². The first-order valence-electron chi connectivity index (χ1n) is 8.21. The van der Waals surface area contributed by atoms with Gasteiger partial charge >= 0.3 is 0 Å². The first-order valence-corrected chi connectivity index (χ1v) is 8.21. The number of rotatable bonds is 6. The Balaban J connectivity index is 2.02. The molecule has 0 saturated carbocycles. The maximum absolute atomic E-state index is 12.4. The molecule has 0 bridgehead atoms. The van der Waals surface area contributed by atoms with Crippen LogP contribution < -0.4 is 10.6 Å². The fraction of sp³-hybridized carbons (Fsp3) is 0.611. The third-order valence-electron chi connectivity index (χ3n) is 4.54. The molecule has 122 valence electrons. The van der Waals surface area contributed by atoms with Crippen molar-refractivity contribution < 1.29 is 9.53 Å². The third-order valence-corrected chi connectivity index (χ3v) is 4.54. The molecule has 1 heterocycles. The first-order chi connectivity index (χ1) is 10.5. The lowest BCUT2D eigenvalue weighted by atomic mass is 10.0. The van der Waals surface area contributed by atoms with E-state index in [1.54, 1.807) is 0 Å². The van der Waals surface area contributed by atoms with Crippen LogP contribution in [0.4, 0.5) is 5.69 Å². The average Bonchev–Trinajstić information content (AvgIpc) is 3.00. The van der Waals surface area contributed by atoms with Crippen LogP contribution in [-0.2, 0) is 4.74 Å². The highest BCUT2D eigenvalue weighted by Crippen LogP contribution is 2.21. The fourth-order valence-electron chi connectivity index (χ4n) is 2.53. The Morgan fingerprint density at radius 3 is 2.77 bits per heavy atom. The van der Waals surface area contributed by atoms with Crippen LogP contribution in [0.3, 0.4) is 0 Å². The summed E-state index contributed by atoms with van der Waals surface area (Å²) in [7, 11) is 0. The van der Waals surface area contributed by atoms with Crippen LogP contribution in [0.2, 0.25) is 0 Å². The number of hydrogen-bond donors (Lipinski definition) is 2. The van der Waals surface area contributed by atoms with E-state index in [2.05, 4.69) is 31.4 Å². The van der Waals surface area contributed by atoms with Crippen LogP contribution in [0.5, 0.6) is 0 Å². The minimum absolute atomic E-state index is 0.00486. The predicted molar refractivity (Wildman–Crippen MR) is 90.4 cm³/mol. The topological polar surface area (TPSA) is 50.4 Å². The van der Waals surface area contributed by atoms with Gasteiger partial charge in [-0.2, -0.15) is 0 Å². The van der Waals surface area contributed by atoms with Gasteiger partial charge < -0.3 is 15.4 Å². The van der Waals surface area contributed by atoms with Crippen molar-refractivity contribution in [2.75, 3.05) is 25.1 Å². The number of amides is 1. The summed E-state index contributed by atoms with van der Waals surface area (Å²) in [6.45, 7) is 10.8. The number of carbonyl (C=O) groups is 1. The minimum atomic E-state index is 0.00486. The summed E-state index contributed by atoms with van der Waals surface area (Å²) in [5, 5.41) is 6.54. The van der Waals surface area contributed by atoms with Crippen LogP contribution in [0, 0.1) is 18.8 Å². The lowest BCUT2D eigenvalue weighted by Crippen LogP contribution is -2.30. The Kier molecular flexibility index (Phi) is 5.83. The van der Waals surface area contributed by atoms with Crippen molar-refractivity contribution >= 4 is 11.6 Å². The van der Waals surface area contributed by atoms with Gasteiger partial charge in [-0.25, -0.2) is 0 Å². The molecule has 1 fully saturated rings. The van der Waals surface area contributed by atoms with E-state index in [-0.39, 0.29) is 5.91 Å². The Bertz CT molecular complexity index is 508. The molecule has 22 heavy (non-hydrogen) atoms. The molecule has 4 heteroatoms. The van der Waals surface area contributed by atoms with E-state index in [4.69, 9.17) is 4.74 Å². The standard InChI is InChI=1S/C18H28N2O2/c1-12(2)14(4)20-17-7-5-6-16(13(17)3)18(21)19-10-15-8-9-22-11-15/h5-7,12,14-15,20H,8-11H2,1-4H3,(H,19,21)/t14-,15-/m0/s1. The zero-order chi connectivity index (χ0) is 16.1. The van der Waals surface area contributed by atoms with Crippen LogP contribution in [-0.4, -0.2) is 31.7 Å². The molecular weight excluding hydrogens is 276 g/mol. The van der Waals surface area contributed by atoms with E-state index in [9.17, 15) is 4.79 Å². The Hall–Kier alpha value is -1.55. The van der Waals surface area contributed by atoms with Crippen molar-refractivity contribution in [2.45, 2.75) is 40.2 Å². The number of hydrogen-bond acceptors (Lipinski definition) is 3. The molecule has 1 amide bonds.